The Morgan fingerprint density at radius 2 is 1.10 bits per heavy atom. The van der Waals surface area contributed by atoms with Crippen LogP contribution in [-0.2, 0) is 9.05 Å². The molecule has 0 bridgehead atoms. The first-order valence-corrected chi connectivity index (χ1v) is 16.4. The Bertz CT molecular complexity index is 1260. The van der Waals surface area contributed by atoms with Gasteiger partial charge in [0, 0.05) is 17.7 Å². The van der Waals surface area contributed by atoms with Crippen molar-refractivity contribution in [1.82, 2.24) is 0 Å². The molecule has 2 fully saturated rings. The maximum absolute atomic E-state index is 6.39. The Morgan fingerprint density at radius 3 is 1.56 bits per heavy atom. The van der Waals surface area contributed by atoms with E-state index in [1.807, 2.05) is 19.1 Å². The summed E-state index contributed by atoms with van der Waals surface area (Å²) in [5, 5.41) is 0. The minimum Gasteiger partial charge on any atom is -0.480 e. The molecule has 2 saturated heterocycles. The summed E-state index contributed by atoms with van der Waals surface area (Å²) in [6.07, 6.45) is 2.06. The van der Waals surface area contributed by atoms with Gasteiger partial charge >= 0.3 is 8.60 Å². The molecule has 0 amide bonds. The van der Waals surface area contributed by atoms with E-state index in [4.69, 9.17) is 22.6 Å². The third-order valence-electron chi connectivity index (χ3n) is 7.03. The Balaban J connectivity index is 0.000000298. The van der Waals surface area contributed by atoms with Crippen LogP contribution in [0.4, 0.5) is 0 Å². The van der Waals surface area contributed by atoms with Gasteiger partial charge in [-0.1, -0.05) is 53.1 Å². The van der Waals surface area contributed by atoms with Crippen LogP contribution in [0.1, 0.15) is 44.5 Å². The minimum atomic E-state index is -1.33. The molecule has 5 nitrogen and oxygen atoms in total. The van der Waals surface area contributed by atoms with Crippen molar-refractivity contribution in [1.29, 1.82) is 0 Å². The van der Waals surface area contributed by atoms with E-state index in [2.05, 4.69) is 88.3 Å². The zero-order valence-electron chi connectivity index (χ0n) is 24.4. The summed E-state index contributed by atoms with van der Waals surface area (Å²) < 4.78 is 29.5. The SMILES string of the molecule is Cc1cc(C)c(OP2CC3(COP(Oc4c(C)cc(C)cc4C)OC3)C2)c(C)c1.Cc1ccc(OP)c(C)c1. The van der Waals surface area contributed by atoms with Crippen molar-refractivity contribution in [2.24, 2.45) is 5.41 Å². The van der Waals surface area contributed by atoms with Crippen LogP contribution in [0.2, 0.25) is 0 Å². The van der Waals surface area contributed by atoms with Gasteiger partial charge in [0.1, 0.15) is 17.2 Å². The van der Waals surface area contributed by atoms with Crippen molar-refractivity contribution in [2.45, 2.75) is 55.4 Å². The molecule has 0 aliphatic carbocycles. The van der Waals surface area contributed by atoms with Gasteiger partial charge < -0.3 is 22.6 Å². The predicted octanol–water partition coefficient (Wildman–Crippen LogP) is 9.14. The van der Waals surface area contributed by atoms with Crippen LogP contribution in [0.5, 0.6) is 17.2 Å². The zero-order valence-corrected chi connectivity index (χ0v) is 27.3. The van der Waals surface area contributed by atoms with Crippen molar-refractivity contribution in [2.75, 3.05) is 25.5 Å². The first kappa shape index (κ1) is 30.2. The zero-order chi connectivity index (χ0) is 28.3. The lowest BCUT2D eigenvalue weighted by atomic mass is 9.95. The molecule has 1 spiro atoms. The Hall–Kier alpha value is -1.73. The third kappa shape index (κ3) is 7.52. The highest BCUT2D eigenvalue weighted by atomic mass is 31.2. The second kappa shape index (κ2) is 12.8. The highest BCUT2D eigenvalue weighted by Crippen LogP contribution is 2.62. The first-order chi connectivity index (χ1) is 18.5. The smallest absolute Gasteiger partial charge is 0.397 e. The summed E-state index contributed by atoms with van der Waals surface area (Å²) >= 11 is 0. The molecular weight excluding hydrogens is 545 g/mol. The lowest BCUT2D eigenvalue weighted by molar-refractivity contribution is 0.0363. The molecular formula is C31H41O5P3. The summed E-state index contributed by atoms with van der Waals surface area (Å²) in [6.45, 7) is 18.1. The largest absolute Gasteiger partial charge is 0.480 e. The molecule has 2 aliphatic rings. The lowest BCUT2D eigenvalue weighted by Gasteiger charge is -2.48. The predicted molar refractivity (Wildman–Crippen MR) is 167 cm³/mol. The number of benzene rings is 3. The number of hydrogen-bond acceptors (Lipinski definition) is 5. The summed E-state index contributed by atoms with van der Waals surface area (Å²) in [7, 11) is 0.456. The molecule has 1 unspecified atom stereocenters. The molecule has 39 heavy (non-hydrogen) atoms. The summed E-state index contributed by atoms with van der Waals surface area (Å²) in [6, 6.07) is 14.8. The van der Waals surface area contributed by atoms with Crippen LogP contribution < -0.4 is 13.6 Å². The summed E-state index contributed by atoms with van der Waals surface area (Å²) in [5.74, 6) is 2.88. The van der Waals surface area contributed by atoms with Gasteiger partial charge in [-0.2, -0.15) is 0 Å². The average molecular weight is 587 g/mol. The maximum atomic E-state index is 6.39. The van der Waals surface area contributed by atoms with Crippen LogP contribution in [0.3, 0.4) is 0 Å². The molecule has 0 N–H and O–H groups in total. The molecule has 0 saturated carbocycles. The monoisotopic (exact) mass is 586 g/mol. The lowest BCUT2D eigenvalue weighted by Crippen LogP contribution is -2.48. The number of aryl methyl sites for hydroxylation is 8. The van der Waals surface area contributed by atoms with E-state index in [0.29, 0.717) is 13.2 Å². The van der Waals surface area contributed by atoms with Gasteiger partial charge in [0.15, 0.2) is 0 Å². The van der Waals surface area contributed by atoms with E-state index in [-0.39, 0.29) is 5.41 Å². The molecule has 3 aromatic rings. The topological polar surface area (TPSA) is 46.2 Å². The van der Waals surface area contributed by atoms with Gasteiger partial charge in [-0.3, -0.25) is 0 Å². The fourth-order valence-electron chi connectivity index (χ4n) is 5.22. The normalized spacial score (nSPS) is 22.0. The van der Waals surface area contributed by atoms with Crippen LogP contribution >= 0.6 is 26.2 Å². The Labute approximate surface area is 239 Å². The van der Waals surface area contributed by atoms with E-state index < -0.39 is 16.8 Å². The molecule has 5 rings (SSSR count). The highest BCUT2D eigenvalue weighted by molar-refractivity contribution is 7.54. The highest BCUT2D eigenvalue weighted by Gasteiger charge is 2.51. The fraction of sp³-hybridized carbons (Fsp3) is 0.419. The van der Waals surface area contributed by atoms with Gasteiger partial charge in [0.05, 0.1) is 30.8 Å². The average Bonchev–Trinajstić information content (AvgIpc) is 2.84. The summed E-state index contributed by atoms with van der Waals surface area (Å²) in [4.78, 5) is 0. The van der Waals surface area contributed by atoms with Crippen molar-refractivity contribution in [3.63, 3.8) is 0 Å². The molecule has 3 aromatic carbocycles. The molecule has 2 heterocycles. The van der Waals surface area contributed by atoms with Gasteiger partial charge in [0.2, 0.25) is 0 Å². The van der Waals surface area contributed by atoms with E-state index in [1.165, 1.54) is 33.4 Å². The minimum absolute atomic E-state index is 0.0950. The number of hydrogen-bond donors (Lipinski definition) is 0. The van der Waals surface area contributed by atoms with E-state index in [0.717, 1.165) is 40.7 Å². The second-order valence-electron chi connectivity index (χ2n) is 11.1. The summed E-state index contributed by atoms with van der Waals surface area (Å²) in [5.41, 5.74) is 9.77. The quantitative estimate of drug-likeness (QED) is 0.279. The molecule has 0 radical (unpaired) electrons. The van der Waals surface area contributed by atoms with Crippen molar-refractivity contribution >= 4 is 26.2 Å². The van der Waals surface area contributed by atoms with Crippen LogP contribution in [0.15, 0.2) is 42.5 Å². The number of rotatable bonds is 5. The van der Waals surface area contributed by atoms with Crippen molar-refractivity contribution in [3.05, 3.63) is 87.0 Å². The molecule has 1 atom stereocenters. The Morgan fingerprint density at radius 1 is 0.641 bits per heavy atom. The van der Waals surface area contributed by atoms with Crippen molar-refractivity contribution in [3.8, 4) is 17.2 Å². The molecule has 8 heteroatoms. The first-order valence-electron chi connectivity index (χ1n) is 13.2. The van der Waals surface area contributed by atoms with Crippen LogP contribution in [0, 0.1) is 60.8 Å². The van der Waals surface area contributed by atoms with E-state index >= 15 is 0 Å². The Kier molecular flexibility index (Phi) is 9.96. The van der Waals surface area contributed by atoms with Gasteiger partial charge in [-0.05, 0) is 89.3 Å². The standard InChI is InChI=1S/C23H30O4P2.C8H11OP/c1-15-7-17(3)21(18(4)8-15)26-28-13-23(14-28)11-24-29(25-12-23)27-22-19(5)9-16(2)10-20(22)6;1-6-3-4-8(9-10)7(2)5-6/h7-10H,11-14H2,1-6H3;3-5H,10H2,1-2H3. The van der Waals surface area contributed by atoms with Gasteiger partial charge in [-0.25, -0.2) is 0 Å². The van der Waals surface area contributed by atoms with Gasteiger partial charge in [-0.15, -0.1) is 0 Å². The van der Waals surface area contributed by atoms with E-state index in [1.54, 1.807) is 0 Å². The van der Waals surface area contributed by atoms with E-state index in [9.17, 15) is 0 Å². The fourth-order valence-corrected chi connectivity index (χ4v) is 9.30. The molecule has 2 aliphatic heterocycles. The second-order valence-corrected chi connectivity index (χ2v) is 14.3. The molecule has 0 aromatic heterocycles. The van der Waals surface area contributed by atoms with Crippen LogP contribution in [0.25, 0.3) is 0 Å². The third-order valence-corrected chi connectivity index (χ3v) is 10.8. The van der Waals surface area contributed by atoms with Crippen molar-refractivity contribution < 1.29 is 22.6 Å². The molecule has 210 valence electrons. The van der Waals surface area contributed by atoms with Gasteiger partial charge in [0.25, 0.3) is 0 Å². The van der Waals surface area contributed by atoms with Crippen LogP contribution in [-0.4, -0.2) is 25.5 Å². The maximum Gasteiger partial charge on any atom is 0.397 e.